The van der Waals surface area contributed by atoms with E-state index in [9.17, 15) is 5.11 Å². The lowest BCUT2D eigenvalue weighted by molar-refractivity contribution is 0.0909. The lowest BCUT2D eigenvalue weighted by Crippen LogP contribution is -2.21. The Morgan fingerprint density at radius 3 is 1.57 bits per heavy atom. The van der Waals surface area contributed by atoms with Crippen LogP contribution < -0.4 is 18.5 Å². The summed E-state index contributed by atoms with van der Waals surface area (Å²) in [5.74, 6) is 2.20. The predicted octanol–water partition coefficient (Wildman–Crippen LogP) is 6.05. The molecular weight excluding hydrogens is 403 g/mol. The molecule has 0 unspecified atom stereocenters. The van der Waals surface area contributed by atoms with E-state index in [2.05, 4.69) is 0 Å². The summed E-state index contributed by atoms with van der Waals surface area (Å²) >= 11 is 0. The molecule has 30 heavy (non-hydrogen) atoms. The Kier molecular flexibility index (Phi) is 7.03. The normalized spacial score (nSPS) is 11.2. The summed E-state index contributed by atoms with van der Waals surface area (Å²) in [5, 5.41) is 10.3. The number of aromatic hydroxyl groups is 1. The Bertz CT molecular complexity index is 926. The van der Waals surface area contributed by atoms with Crippen molar-refractivity contribution in [2.75, 3.05) is 14.2 Å². The molecule has 3 aromatic rings. The van der Waals surface area contributed by atoms with E-state index in [1.54, 1.807) is 56.7 Å². The average molecular weight is 428 g/mol. The molecule has 0 saturated heterocycles. The Balaban J connectivity index is 1.93. The van der Waals surface area contributed by atoms with Crippen LogP contribution in [0.4, 0.5) is 0 Å². The van der Waals surface area contributed by atoms with Gasteiger partial charge in [0, 0.05) is 5.56 Å². The minimum atomic E-state index is -1.95. The van der Waals surface area contributed by atoms with Crippen LogP contribution in [0.2, 0.25) is 0 Å². The van der Waals surface area contributed by atoms with Crippen molar-refractivity contribution in [1.29, 1.82) is 0 Å². The van der Waals surface area contributed by atoms with Crippen LogP contribution >= 0.6 is 8.60 Å². The van der Waals surface area contributed by atoms with Crippen molar-refractivity contribution in [1.82, 2.24) is 0 Å². The zero-order chi connectivity index (χ0) is 21.6. The molecule has 0 aliphatic heterocycles. The fourth-order valence-electron chi connectivity index (χ4n) is 2.82. The molecule has 3 rings (SSSR count). The van der Waals surface area contributed by atoms with Gasteiger partial charge in [0.2, 0.25) is 0 Å². The standard InChI is InChI=1S/C23H25O6P/c1-23(2,17-11-5-6-12-18(17)24)29-30(27-21-15-9-7-13-19(21)25-3)28-22-16-10-8-14-20(22)26-4/h5-16,24H,1-4H3. The number of methoxy groups -OCH3 is 2. The SMILES string of the molecule is COc1ccccc1OP(Oc1ccccc1OC)OC(C)(C)c1ccccc1O. The summed E-state index contributed by atoms with van der Waals surface area (Å²) in [6.07, 6.45) is 0. The van der Waals surface area contributed by atoms with Crippen LogP contribution in [0.15, 0.2) is 72.8 Å². The smallest absolute Gasteiger partial charge is 0.464 e. The van der Waals surface area contributed by atoms with E-state index >= 15 is 0 Å². The maximum Gasteiger partial charge on any atom is 0.464 e. The Labute approximate surface area is 177 Å². The molecular formula is C23H25O6P. The van der Waals surface area contributed by atoms with Crippen molar-refractivity contribution >= 4 is 8.60 Å². The van der Waals surface area contributed by atoms with Crippen LogP contribution in [0.5, 0.6) is 28.7 Å². The quantitative estimate of drug-likeness (QED) is 0.419. The van der Waals surface area contributed by atoms with E-state index in [-0.39, 0.29) is 5.75 Å². The van der Waals surface area contributed by atoms with Crippen LogP contribution in [0.1, 0.15) is 19.4 Å². The molecule has 6 nitrogen and oxygen atoms in total. The second kappa shape index (κ2) is 9.70. The summed E-state index contributed by atoms with van der Waals surface area (Å²) in [7, 11) is 1.18. The number of ether oxygens (including phenoxy) is 2. The van der Waals surface area contributed by atoms with Gasteiger partial charge in [0.25, 0.3) is 0 Å². The molecule has 158 valence electrons. The number of rotatable bonds is 9. The molecule has 0 bridgehead atoms. The first-order valence-corrected chi connectivity index (χ1v) is 10.4. The van der Waals surface area contributed by atoms with Crippen molar-refractivity contribution in [3.05, 3.63) is 78.4 Å². The third kappa shape index (κ3) is 5.15. The fourth-order valence-corrected chi connectivity index (χ4v) is 4.03. The Morgan fingerprint density at radius 1 is 0.667 bits per heavy atom. The van der Waals surface area contributed by atoms with E-state index in [1.165, 1.54) is 0 Å². The third-order valence-electron chi connectivity index (χ3n) is 4.34. The van der Waals surface area contributed by atoms with Crippen LogP contribution in [0.25, 0.3) is 0 Å². The maximum absolute atomic E-state index is 10.3. The summed E-state index contributed by atoms with van der Waals surface area (Å²) in [6, 6.07) is 21.5. The summed E-state index contributed by atoms with van der Waals surface area (Å²) < 4.78 is 29.2. The van der Waals surface area contributed by atoms with Crippen molar-refractivity contribution in [2.45, 2.75) is 19.4 Å². The minimum Gasteiger partial charge on any atom is -0.508 e. The van der Waals surface area contributed by atoms with Crippen molar-refractivity contribution in [2.24, 2.45) is 0 Å². The molecule has 0 aliphatic rings. The zero-order valence-electron chi connectivity index (χ0n) is 17.4. The second-order valence-electron chi connectivity index (χ2n) is 6.83. The molecule has 0 fully saturated rings. The first-order valence-electron chi connectivity index (χ1n) is 9.34. The monoisotopic (exact) mass is 428 g/mol. The summed E-state index contributed by atoms with van der Waals surface area (Å²) in [5.41, 5.74) is -0.286. The van der Waals surface area contributed by atoms with Gasteiger partial charge >= 0.3 is 8.60 Å². The van der Waals surface area contributed by atoms with Gasteiger partial charge in [-0.2, -0.15) is 0 Å². The van der Waals surface area contributed by atoms with Gasteiger partial charge in [-0.3, -0.25) is 4.52 Å². The molecule has 0 aromatic heterocycles. The van der Waals surface area contributed by atoms with Gasteiger partial charge in [0.15, 0.2) is 23.0 Å². The first kappa shape index (κ1) is 21.8. The number of para-hydroxylation sites is 5. The third-order valence-corrected chi connectivity index (χ3v) is 5.64. The van der Waals surface area contributed by atoms with E-state index < -0.39 is 14.2 Å². The Morgan fingerprint density at radius 2 is 1.10 bits per heavy atom. The lowest BCUT2D eigenvalue weighted by atomic mass is 9.98. The molecule has 0 radical (unpaired) electrons. The van der Waals surface area contributed by atoms with Crippen LogP contribution in [0.3, 0.4) is 0 Å². The molecule has 0 atom stereocenters. The molecule has 0 saturated carbocycles. The van der Waals surface area contributed by atoms with Gasteiger partial charge in [-0.15, -0.1) is 0 Å². The van der Waals surface area contributed by atoms with Gasteiger partial charge in [-0.25, -0.2) is 0 Å². The van der Waals surface area contributed by atoms with Crippen molar-refractivity contribution in [3.63, 3.8) is 0 Å². The van der Waals surface area contributed by atoms with E-state index in [0.717, 1.165) is 0 Å². The van der Waals surface area contributed by atoms with Crippen molar-refractivity contribution < 1.29 is 28.2 Å². The van der Waals surface area contributed by atoms with Crippen molar-refractivity contribution in [3.8, 4) is 28.7 Å². The number of phenols is 1. The highest BCUT2D eigenvalue weighted by Crippen LogP contribution is 2.51. The molecule has 1 N–H and O–H groups in total. The van der Waals surface area contributed by atoms with Gasteiger partial charge in [-0.1, -0.05) is 42.5 Å². The molecule has 0 spiro atoms. The largest absolute Gasteiger partial charge is 0.508 e. The molecule has 7 heteroatoms. The molecule has 3 aromatic carbocycles. The van der Waals surface area contributed by atoms with Crippen LogP contribution in [0, 0.1) is 0 Å². The average Bonchev–Trinajstić information content (AvgIpc) is 2.74. The maximum atomic E-state index is 10.3. The molecule has 0 heterocycles. The second-order valence-corrected chi connectivity index (χ2v) is 7.82. The van der Waals surface area contributed by atoms with Gasteiger partial charge in [-0.05, 0) is 44.2 Å². The van der Waals surface area contributed by atoms with Gasteiger partial charge < -0.3 is 23.6 Å². The first-order chi connectivity index (χ1) is 14.4. The highest BCUT2D eigenvalue weighted by atomic mass is 31.2. The summed E-state index contributed by atoms with van der Waals surface area (Å²) in [6.45, 7) is 3.68. The highest BCUT2D eigenvalue weighted by molar-refractivity contribution is 7.42. The number of hydrogen-bond donors (Lipinski definition) is 1. The van der Waals surface area contributed by atoms with E-state index in [4.69, 9.17) is 23.0 Å². The fraction of sp³-hybridized carbons (Fsp3) is 0.217. The minimum absolute atomic E-state index is 0.132. The Hall–Kier alpha value is -2.95. The lowest BCUT2D eigenvalue weighted by Gasteiger charge is -2.30. The molecule has 0 aliphatic carbocycles. The number of phenolic OH excluding ortho intramolecular Hbond substituents is 1. The summed E-state index contributed by atoms with van der Waals surface area (Å²) in [4.78, 5) is 0. The zero-order valence-corrected chi connectivity index (χ0v) is 18.3. The number of hydrogen-bond acceptors (Lipinski definition) is 6. The van der Waals surface area contributed by atoms with E-state index in [0.29, 0.717) is 28.6 Å². The number of benzene rings is 3. The molecule has 0 amide bonds. The highest BCUT2D eigenvalue weighted by Gasteiger charge is 2.33. The topological polar surface area (TPSA) is 66.4 Å². The predicted molar refractivity (Wildman–Crippen MR) is 116 cm³/mol. The van der Waals surface area contributed by atoms with Gasteiger partial charge in [0.05, 0.1) is 14.2 Å². The van der Waals surface area contributed by atoms with Gasteiger partial charge in [0.1, 0.15) is 11.4 Å². The van der Waals surface area contributed by atoms with Crippen LogP contribution in [-0.4, -0.2) is 19.3 Å². The van der Waals surface area contributed by atoms with Crippen LogP contribution in [-0.2, 0) is 10.1 Å². The van der Waals surface area contributed by atoms with E-state index in [1.807, 2.05) is 44.2 Å².